The molecule has 1 aliphatic heterocycles. The van der Waals surface area contributed by atoms with Crippen LogP contribution in [0.2, 0.25) is 10.0 Å². The van der Waals surface area contributed by atoms with E-state index in [1.807, 2.05) is 20.2 Å². The highest BCUT2D eigenvalue weighted by atomic mass is 35.5. The van der Waals surface area contributed by atoms with E-state index in [2.05, 4.69) is 10.2 Å². The van der Waals surface area contributed by atoms with Crippen LogP contribution in [0.3, 0.4) is 0 Å². The molecule has 0 radical (unpaired) electrons. The highest BCUT2D eigenvalue weighted by Gasteiger charge is 2.29. The molecule has 8 heteroatoms. The number of amides is 2. The number of nitrogens with one attached hydrogen (secondary N) is 1. The van der Waals surface area contributed by atoms with Crippen molar-refractivity contribution in [2.75, 3.05) is 32.5 Å². The molecule has 1 aliphatic rings. The van der Waals surface area contributed by atoms with Gasteiger partial charge in [-0.05, 0) is 63.8 Å². The number of carbonyl (C=O) groups excluding carboxylic acids is 2. The van der Waals surface area contributed by atoms with Gasteiger partial charge in [-0.2, -0.15) is 0 Å². The number of para-hydroxylation sites is 1. The monoisotopic (exact) mass is 449 g/mol. The molecule has 1 atom stereocenters. The van der Waals surface area contributed by atoms with Crippen molar-refractivity contribution in [3.05, 3.63) is 57.6 Å². The second kappa shape index (κ2) is 9.69. The molecule has 1 heterocycles. The summed E-state index contributed by atoms with van der Waals surface area (Å²) in [6.07, 6.45) is 0.145. The minimum absolute atomic E-state index is 0.167. The maximum Gasteiger partial charge on any atom is 0.265 e. The van der Waals surface area contributed by atoms with Gasteiger partial charge in [-0.3, -0.25) is 9.59 Å². The lowest BCUT2D eigenvalue weighted by Gasteiger charge is -2.28. The smallest absolute Gasteiger partial charge is 0.265 e. The van der Waals surface area contributed by atoms with Gasteiger partial charge in [0.15, 0.2) is 11.9 Å². The number of ether oxygens (including phenoxy) is 1. The van der Waals surface area contributed by atoms with E-state index < -0.39 is 6.10 Å². The van der Waals surface area contributed by atoms with E-state index in [-0.39, 0.29) is 11.8 Å². The molecule has 0 saturated carbocycles. The standard InChI is InChI=1S/C22H25Cl2N3O3/c1-14-21(28)25-19-7-4-6-16(20(19)30-14)22(29)27(11-5-10-26(2)3)13-15-8-9-17(23)18(24)12-15/h4,6-9,12,14H,5,10-11,13H2,1-3H3,(H,25,28). The minimum atomic E-state index is -0.663. The number of rotatable bonds is 7. The molecule has 2 amide bonds. The molecule has 160 valence electrons. The molecule has 3 rings (SSSR count). The predicted octanol–water partition coefficient (Wildman–Crippen LogP) is 4.31. The van der Waals surface area contributed by atoms with Crippen LogP contribution in [0.4, 0.5) is 5.69 Å². The molecule has 2 aromatic rings. The highest BCUT2D eigenvalue weighted by molar-refractivity contribution is 6.42. The second-order valence-corrected chi connectivity index (χ2v) is 8.38. The lowest BCUT2D eigenvalue weighted by molar-refractivity contribution is -0.122. The molecule has 0 saturated heterocycles. The van der Waals surface area contributed by atoms with Crippen LogP contribution in [0.5, 0.6) is 5.75 Å². The van der Waals surface area contributed by atoms with Crippen molar-refractivity contribution >= 4 is 40.7 Å². The van der Waals surface area contributed by atoms with E-state index in [0.29, 0.717) is 40.1 Å². The van der Waals surface area contributed by atoms with Gasteiger partial charge in [0.05, 0.1) is 21.3 Å². The second-order valence-electron chi connectivity index (χ2n) is 7.56. The fourth-order valence-corrected chi connectivity index (χ4v) is 3.58. The van der Waals surface area contributed by atoms with Crippen LogP contribution in [0, 0.1) is 0 Å². The number of hydrogen-bond donors (Lipinski definition) is 1. The van der Waals surface area contributed by atoms with Crippen LogP contribution in [0.15, 0.2) is 36.4 Å². The maximum atomic E-state index is 13.5. The Bertz CT molecular complexity index is 949. The summed E-state index contributed by atoms with van der Waals surface area (Å²) in [5.41, 5.74) is 1.81. The molecule has 2 aromatic carbocycles. The van der Waals surface area contributed by atoms with E-state index >= 15 is 0 Å². The first-order valence-corrected chi connectivity index (χ1v) is 10.5. The van der Waals surface area contributed by atoms with Gasteiger partial charge in [-0.1, -0.05) is 35.3 Å². The number of anilines is 1. The highest BCUT2D eigenvalue weighted by Crippen LogP contribution is 2.34. The van der Waals surface area contributed by atoms with Gasteiger partial charge in [0.1, 0.15) is 0 Å². The Balaban J connectivity index is 1.89. The van der Waals surface area contributed by atoms with Gasteiger partial charge >= 0.3 is 0 Å². The zero-order valence-electron chi connectivity index (χ0n) is 17.2. The maximum absolute atomic E-state index is 13.5. The van der Waals surface area contributed by atoms with Crippen molar-refractivity contribution in [2.45, 2.75) is 26.0 Å². The molecule has 0 fully saturated rings. The van der Waals surface area contributed by atoms with Gasteiger partial charge in [-0.15, -0.1) is 0 Å². The summed E-state index contributed by atoms with van der Waals surface area (Å²) in [6, 6.07) is 10.6. The summed E-state index contributed by atoms with van der Waals surface area (Å²) in [5.74, 6) is 0.00659. The number of nitrogens with zero attached hydrogens (tertiary/aromatic N) is 2. The number of carbonyl (C=O) groups is 2. The summed E-state index contributed by atoms with van der Waals surface area (Å²) >= 11 is 12.2. The fourth-order valence-electron chi connectivity index (χ4n) is 3.25. The zero-order chi connectivity index (χ0) is 21.8. The minimum Gasteiger partial charge on any atom is -0.478 e. The van der Waals surface area contributed by atoms with Crippen molar-refractivity contribution in [3.8, 4) is 5.75 Å². The third-order valence-corrected chi connectivity index (χ3v) is 5.58. The van der Waals surface area contributed by atoms with E-state index in [1.165, 1.54) is 0 Å². The van der Waals surface area contributed by atoms with Crippen molar-refractivity contribution < 1.29 is 14.3 Å². The Hall–Kier alpha value is -2.28. The quantitative estimate of drug-likeness (QED) is 0.683. The number of hydrogen-bond acceptors (Lipinski definition) is 4. The lowest BCUT2D eigenvalue weighted by atomic mass is 10.1. The number of benzene rings is 2. The summed E-state index contributed by atoms with van der Waals surface area (Å²) < 4.78 is 5.77. The van der Waals surface area contributed by atoms with Gasteiger partial charge in [0.25, 0.3) is 11.8 Å². The molecule has 0 bridgehead atoms. The van der Waals surface area contributed by atoms with Gasteiger partial charge in [0.2, 0.25) is 0 Å². The average molecular weight is 450 g/mol. The van der Waals surface area contributed by atoms with Crippen LogP contribution in [0.1, 0.15) is 29.3 Å². The van der Waals surface area contributed by atoms with Gasteiger partial charge < -0.3 is 19.9 Å². The van der Waals surface area contributed by atoms with Crippen LogP contribution >= 0.6 is 23.2 Å². The normalized spacial score (nSPS) is 15.4. The van der Waals surface area contributed by atoms with Crippen molar-refractivity contribution in [1.29, 1.82) is 0 Å². The van der Waals surface area contributed by atoms with Crippen molar-refractivity contribution in [1.82, 2.24) is 9.80 Å². The SMILES string of the molecule is CC1Oc2c(cccc2C(=O)N(CCCN(C)C)Cc2ccc(Cl)c(Cl)c2)NC1=O. The molecule has 0 spiro atoms. The predicted molar refractivity (Wildman–Crippen MR) is 120 cm³/mol. The summed E-state index contributed by atoms with van der Waals surface area (Å²) in [7, 11) is 3.99. The van der Waals surface area contributed by atoms with E-state index in [0.717, 1.165) is 18.5 Å². The third-order valence-electron chi connectivity index (χ3n) is 4.85. The molecule has 0 aromatic heterocycles. The Morgan fingerprint density at radius 2 is 1.90 bits per heavy atom. The van der Waals surface area contributed by atoms with Crippen LogP contribution in [-0.2, 0) is 11.3 Å². The molecule has 6 nitrogen and oxygen atoms in total. The fraction of sp³-hybridized carbons (Fsp3) is 0.364. The average Bonchev–Trinajstić information content (AvgIpc) is 2.69. The topological polar surface area (TPSA) is 61.9 Å². The number of fused-ring (bicyclic) bond motifs is 1. The first-order chi connectivity index (χ1) is 14.3. The zero-order valence-corrected chi connectivity index (χ0v) is 18.8. The summed E-state index contributed by atoms with van der Waals surface area (Å²) in [5, 5.41) is 3.72. The van der Waals surface area contributed by atoms with Crippen LogP contribution < -0.4 is 10.1 Å². The molecule has 1 unspecified atom stereocenters. The van der Waals surface area contributed by atoms with Crippen molar-refractivity contribution in [3.63, 3.8) is 0 Å². The molecule has 0 aliphatic carbocycles. The molecule has 1 N–H and O–H groups in total. The molecular formula is C22H25Cl2N3O3. The van der Waals surface area contributed by atoms with E-state index in [4.69, 9.17) is 27.9 Å². The van der Waals surface area contributed by atoms with Crippen LogP contribution in [0.25, 0.3) is 0 Å². The first-order valence-electron chi connectivity index (χ1n) is 9.74. The Morgan fingerprint density at radius 1 is 1.13 bits per heavy atom. The third kappa shape index (κ3) is 5.25. The summed E-state index contributed by atoms with van der Waals surface area (Å²) in [6.45, 7) is 3.45. The van der Waals surface area contributed by atoms with Crippen LogP contribution in [-0.4, -0.2) is 54.9 Å². The van der Waals surface area contributed by atoms with Gasteiger partial charge in [-0.25, -0.2) is 0 Å². The van der Waals surface area contributed by atoms with E-state index in [9.17, 15) is 9.59 Å². The molecular weight excluding hydrogens is 425 g/mol. The molecule has 30 heavy (non-hydrogen) atoms. The summed E-state index contributed by atoms with van der Waals surface area (Å²) in [4.78, 5) is 29.3. The van der Waals surface area contributed by atoms with Crippen molar-refractivity contribution in [2.24, 2.45) is 0 Å². The number of halogens is 2. The largest absolute Gasteiger partial charge is 0.478 e. The van der Waals surface area contributed by atoms with Gasteiger partial charge in [0, 0.05) is 13.1 Å². The Morgan fingerprint density at radius 3 is 2.60 bits per heavy atom. The lowest BCUT2D eigenvalue weighted by Crippen LogP contribution is -2.37. The van der Waals surface area contributed by atoms with E-state index in [1.54, 1.807) is 42.2 Å². The first kappa shape index (κ1) is 22.4. The Labute approximate surface area is 186 Å². The Kier molecular flexibility index (Phi) is 7.23.